The molecule has 0 radical (unpaired) electrons. The molecule has 90 valence electrons. The van der Waals surface area contributed by atoms with E-state index in [-0.39, 0.29) is 5.95 Å². The minimum atomic E-state index is 0.279. The zero-order chi connectivity index (χ0) is 12.6. The lowest BCUT2D eigenvalue weighted by atomic mass is 10.2. The van der Waals surface area contributed by atoms with Crippen LogP contribution >= 0.6 is 0 Å². The van der Waals surface area contributed by atoms with E-state index in [1.807, 2.05) is 36.7 Å². The van der Waals surface area contributed by atoms with E-state index in [1.54, 1.807) is 24.7 Å². The van der Waals surface area contributed by atoms with Gasteiger partial charge in [-0.05, 0) is 30.3 Å². The highest BCUT2D eigenvalue weighted by Gasteiger charge is 1.98. The van der Waals surface area contributed by atoms with Crippen molar-refractivity contribution in [1.29, 1.82) is 0 Å². The van der Waals surface area contributed by atoms with E-state index in [2.05, 4.69) is 19.9 Å². The van der Waals surface area contributed by atoms with E-state index < -0.39 is 0 Å². The van der Waals surface area contributed by atoms with Crippen molar-refractivity contribution in [2.24, 2.45) is 0 Å². The summed E-state index contributed by atoms with van der Waals surface area (Å²) >= 11 is 0. The Morgan fingerprint density at radius 3 is 2.39 bits per heavy atom. The molecule has 0 aromatic carbocycles. The van der Waals surface area contributed by atoms with Crippen LogP contribution in [0.2, 0.25) is 0 Å². The second-order valence-corrected chi connectivity index (χ2v) is 3.43. The number of nitrogens with one attached hydrogen (secondary N) is 1. The average molecular weight is 239 g/mol. The third-order valence-electron chi connectivity index (χ3n) is 2.13. The van der Waals surface area contributed by atoms with Crippen molar-refractivity contribution in [3.05, 3.63) is 61.3 Å². The van der Waals surface area contributed by atoms with Gasteiger partial charge in [0.2, 0.25) is 5.95 Å². The number of aromatic nitrogens is 4. The predicted octanol–water partition coefficient (Wildman–Crippen LogP) is 2.14. The molecule has 0 spiro atoms. The Labute approximate surface area is 105 Å². The molecule has 3 heterocycles. The molecule has 0 bridgehead atoms. The zero-order valence-corrected chi connectivity index (χ0v) is 9.69. The highest BCUT2D eigenvalue weighted by atomic mass is 15.0. The van der Waals surface area contributed by atoms with Gasteiger partial charge in [0.1, 0.15) is 0 Å². The van der Waals surface area contributed by atoms with Crippen molar-refractivity contribution in [2.75, 3.05) is 5.73 Å². The maximum atomic E-state index is 5.45. The smallest absolute Gasteiger partial charge is 0.220 e. The zero-order valence-electron chi connectivity index (χ0n) is 9.69. The van der Waals surface area contributed by atoms with Crippen LogP contribution in [0, 0.1) is 0 Å². The van der Waals surface area contributed by atoms with Gasteiger partial charge in [-0.15, -0.1) is 0 Å². The summed E-state index contributed by atoms with van der Waals surface area (Å²) in [6.07, 6.45) is 8.83. The van der Waals surface area contributed by atoms with E-state index in [0.29, 0.717) is 0 Å². The van der Waals surface area contributed by atoms with Gasteiger partial charge in [0, 0.05) is 36.5 Å². The summed E-state index contributed by atoms with van der Waals surface area (Å²) in [5, 5.41) is 0. The van der Waals surface area contributed by atoms with Crippen LogP contribution in [-0.2, 0) is 0 Å². The summed E-state index contributed by atoms with van der Waals surface area (Å²) in [4.78, 5) is 14.7. The monoisotopic (exact) mass is 239 g/mol. The molecule has 5 nitrogen and oxygen atoms in total. The van der Waals surface area contributed by atoms with Gasteiger partial charge in [0.15, 0.2) is 0 Å². The molecule has 3 N–H and O–H groups in total. The maximum absolute atomic E-state index is 5.45. The second kappa shape index (κ2) is 6.15. The standard InChI is InChI=1S/C9H8N4.C4H5N/c10-9-12-5-3-8(13-9)7-2-1-4-11-6-7;1-2-4-5-3-1/h1-6H,(H2,10,12,13);1-5H. The molecule has 0 unspecified atom stereocenters. The van der Waals surface area contributed by atoms with Crippen LogP contribution in [0.15, 0.2) is 61.3 Å². The van der Waals surface area contributed by atoms with E-state index in [9.17, 15) is 0 Å². The molecule has 0 saturated heterocycles. The van der Waals surface area contributed by atoms with Crippen molar-refractivity contribution >= 4 is 5.95 Å². The summed E-state index contributed by atoms with van der Waals surface area (Å²) in [5.74, 6) is 0.279. The molecule has 3 aromatic rings. The Balaban J connectivity index is 0.000000202. The van der Waals surface area contributed by atoms with Gasteiger partial charge in [-0.25, -0.2) is 9.97 Å². The van der Waals surface area contributed by atoms with E-state index in [1.165, 1.54) is 0 Å². The number of H-pyrrole nitrogens is 1. The molecule has 0 aliphatic carbocycles. The topological polar surface area (TPSA) is 80.5 Å². The van der Waals surface area contributed by atoms with Crippen LogP contribution in [0.5, 0.6) is 0 Å². The van der Waals surface area contributed by atoms with Crippen LogP contribution < -0.4 is 5.73 Å². The lowest BCUT2D eigenvalue weighted by Gasteiger charge is -1.98. The molecule has 5 heteroatoms. The third kappa shape index (κ3) is 3.41. The quantitative estimate of drug-likeness (QED) is 0.681. The van der Waals surface area contributed by atoms with Gasteiger partial charge in [0.05, 0.1) is 5.69 Å². The Morgan fingerprint density at radius 2 is 1.83 bits per heavy atom. The fourth-order valence-corrected chi connectivity index (χ4v) is 1.33. The molecule has 0 fully saturated rings. The van der Waals surface area contributed by atoms with Gasteiger partial charge in [-0.2, -0.15) is 0 Å². The Kier molecular flexibility index (Phi) is 4.02. The fraction of sp³-hybridized carbons (Fsp3) is 0. The second-order valence-electron chi connectivity index (χ2n) is 3.43. The highest BCUT2D eigenvalue weighted by molar-refractivity contribution is 5.57. The Morgan fingerprint density at radius 1 is 1.00 bits per heavy atom. The van der Waals surface area contributed by atoms with Gasteiger partial charge in [-0.3, -0.25) is 4.98 Å². The first-order valence-corrected chi connectivity index (χ1v) is 5.43. The summed E-state index contributed by atoms with van der Waals surface area (Å²) in [5.41, 5.74) is 7.19. The molecule has 3 aromatic heterocycles. The van der Waals surface area contributed by atoms with Crippen molar-refractivity contribution in [1.82, 2.24) is 19.9 Å². The summed E-state index contributed by atoms with van der Waals surface area (Å²) in [6.45, 7) is 0. The first-order valence-electron chi connectivity index (χ1n) is 5.43. The number of nitrogens with two attached hydrogens (primary N) is 1. The molecule has 3 rings (SSSR count). The summed E-state index contributed by atoms with van der Waals surface area (Å²) < 4.78 is 0. The molecule has 0 saturated carbocycles. The number of aromatic amines is 1. The first-order chi connectivity index (χ1) is 8.86. The number of nitrogens with zero attached hydrogens (tertiary/aromatic N) is 3. The van der Waals surface area contributed by atoms with Gasteiger partial charge in [0.25, 0.3) is 0 Å². The van der Waals surface area contributed by atoms with Crippen LogP contribution in [0.4, 0.5) is 5.95 Å². The van der Waals surface area contributed by atoms with Crippen molar-refractivity contribution in [2.45, 2.75) is 0 Å². The summed E-state index contributed by atoms with van der Waals surface area (Å²) in [7, 11) is 0. The first kappa shape index (κ1) is 11.8. The fourth-order valence-electron chi connectivity index (χ4n) is 1.33. The SMILES string of the molecule is Nc1nccc(-c2cccnc2)n1.c1cc[nH]c1. The van der Waals surface area contributed by atoms with E-state index in [0.717, 1.165) is 11.3 Å². The van der Waals surface area contributed by atoms with Gasteiger partial charge >= 0.3 is 0 Å². The van der Waals surface area contributed by atoms with Crippen LogP contribution in [-0.4, -0.2) is 19.9 Å². The largest absolute Gasteiger partial charge is 0.368 e. The number of pyridine rings is 1. The highest BCUT2D eigenvalue weighted by Crippen LogP contribution is 2.14. The van der Waals surface area contributed by atoms with Crippen LogP contribution in [0.25, 0.3) is 11.3 Å². The Bertz CT molecular complexity index is 546. The molecule has 0 amide bonds. The number of rotatable bonds is 1. The normalized spacial score (nSPS) is 9.33. The minimum Gasteiger partial charge on any atom is -0.368 e. The average Bonchev–Trinajstić information content (AvgIpc) is 2.99. The molecule has 0 aliphatic rings. The van der Waals surface area contributed by atoms with E-state index in [4.69, 9.17) is 5.73 Å². The van der Waals surface area contributed by atoms with E-state index >= 15 is 0 Å². The molecule has 18 heavy (non-hydrogen) atoms. The molecule has 0 aliphatic heterocycles. The molecular formula is C13H13N5. The van der Waals surface area contributed by atoms with Crippen LogP contribution in [0.1, 0.15) is 0 Å². The minimum absolute atomic E-state index is 0.279. The molecule has 0 atom stereocenters. The van der Waals surface area contributed by atoms with Crippen molar-refractivity contribution < 1.29 is 0 Å². The number of hydrogen-bond acceptors (Lipinski definition) is 4. The van der Waals surface area contributed by atoms with Crippen molar-refractivity contribution in [3.63, 3.8) is 0 Å². The maximum Gasteiger partial charge on any atom is 0.220 e. The van der Waals surface area contributed by atoms with Crippen LogP contribution in [0.3, 0.4) is 0 Å². The third-order valence-corrected chi connectivity index (χ3v) is 2.13. The number of anilines is 1. The van der Waals surface area contributed by atoms with Gasteiger partial charge < -0.3 is 10.7 Å². The number of nitrogen functional groups attached to an aromatic ring is 1. The lowest BCUT2D eigenvalue weighted by Crippen LogP contribution is -1.95. The van der Waals surface area contributed by atoms with Gasteiger partial charge in [-0.1, -0.05) is 0 Å². The summed E-state index contributed by atoms with van der Waals surface area (Å²) in [6, 6.07) is 9.47. The van der Waals surface area contributed by atoms with Crippen molar-refractivity contribution in [3.8, 4) is 11.3 Å². The Hall–Kier alpha value is -2.69. The lowest BCUT2D eigenvalue weighted by molar-refractivity contribution is 1.18. The predicted molar refractivity (Wildman–Crippen MR) is 70.5 cm³/mol. The number of hydrogen-bond donors (Lipinski definition) is 2. The molecular weight excluding hydrogens is 226 g/mol.